The van der Waals surface area contributed by atoms with E-state index in [0.29, 0.717) is 40.2 Å². The molecule has 4 N–H and O–H groups in total. The summed E-state index contributed by atoms with van der Waals surface area (Å²) in [5.41, 5.74) is 11.6. The van der Waals surface area contributed by atoms with Crippen LogP contribution in [-0.2, 0) is 11.3 Å². The zero-order valence-corrected chi connectivity index (χ0v) is 30.1. The van der Waals surface area contributed by atoms with Crippen molar-refractivity contribution < 1.29 is 14.3 Å². The minimum absolute atomic E-state index is 0.0213. The van der Waals surface area contributed by atoms with Crippen LogP contribution in [0.4, 0.5) is 17.2 Å². The van der Waals surface area contributed by atoms with E-state index in [1.54, 1.807) is 25.6 Å². The molecule has 0 spiro atoms. The van der Waals surface area contributed by atoms with E-state index in [1.165, 1.54) is 18.4 Å². The Morgan fingerprint density at radius 1 is 0.885 bits per heavy atom. The van der Waals surface area contributed by atoms with Gasteiger partial charge in [-0.15, -0.1) is 0 Å². The lowest BCUT2D eigenvalue weighted by Gasteiger charge is -2.35. The molecule has 7 rings (SSSR count). The van der Waals surface area contributed by atoms with Crippen LogP contribution in [0.15, 0.2) is 79.1 Å². The van der Waals surface area contributed by atoms with Crippen LogP contribution in [-0.4, -0.2) is 81.5 Å². The molecule has 1 saturated carbocycles. The number of nitrogens with one attached hydrogen (secondary N) is 2. The van der Waals surface area contributed by atoms with Crippen molar-refractivity contribution in [3.8, 4) is 17.1 Å². The molecule has 2 fully saturated rings. The van der Waals surface area contributed by atoms with Crippen molar-refractivity contribution in [2.24, 2.45) is 5.92 Å². The quantitative estimate of drug-likeness (QED) is 0.154. The molecule has 1 aliphatic heterocycles. The summed E-state index contributed by atoms with van der Waals surface area (Å²) >= 11 is 0. The third kappa shape index (κ3) is 7.93. The highest BCUT2D eigenvalue weighted by Crippen LogP contribution is 2.35. The van der Waals surface area contributed by atoms with Crippen molar-refractivity contribution in [2.75, 3.05) is 50.7 Å². The first-order valence-corrected chi connectivity index (χ1v) is 18.1. The van der Waals surface area contributed by atoms with Crippen LogP contribution in [0.25, 0.3) is 22.6 Å². The monoisotopic (exact) mass is 701 g/mol. The zero-order chi connectivity index (χ0) is 36.2. The van der Waals surface area contributed by atoms with Crippen LogP contribution in [0, 0.1) is 5.92 Å². The topological polar surface area (TPSA) is 144 Å². The first kappa shape index (κ1) is 35.1. The molecule has 2 amide bonds. The van der Waals surface area contributed by atoms with Gasteiger partial charge in [-0.3, -0.25) is 14.5 Å². The van der Waals surface area contributed by atoms with Gasteiger partial charge in [0.2, 0.25) is 5.91 Å². The summed E-state index contributed by atoms with van der Waals surface area (Å²) in [7, 11) is 5.93. The fourth-order valence-electron chi connectivity index (χ4n) is 7.42. The highest BCUT2D eigenvalue weighted by molar-refractivity contribution is 6.04. The number of aromatic nitrogens is 4. The second kappa shape index (κ2) is 15.5. The predicted molar refractivity (Wildman–Crippen MR) is 204 cm³/mol. The van der Waals surface area contributed by atoms with E-state index >= 15 is 0 Å². The molecule has 0 unspecified atom stereocenters. The van der Waals surface area contributed by atoms with Gasteiger partial charge in [-0.25, -0.2) is 15.0 Å². The number of nitrogens with two attached hydrogens (primary N) is 1. The number of fused-ring (bicyclic) bond motifs is 1. The Labute approximate surface area is 304 Å². The van der Waals surface area contributed by atoms with Crippen LogP contribution in [0.1, 0.15) is 60.5 Å². The zero-order valence-electron chi connectivity index (χ0n) is 30.1. The summed E-state index contributed by atoms with van der Waals surface area (Å²) < 4.78 is 7.34. The van der Waals surface area contributed by atoms with Gasteiger partial charge in [-0.05, 0) is 108 Å². The average Bonchev–Trinajstić information content (AvgIpc) is 3.61. The number of carbonyl (C=O) groups excluding carboxylic acids is 2. The second-order valence-electron chi connectivity index (χ2n) is 14.2. The molecule has 2 aliphatic rings. The van der Waals surface area contributed by atoms with Gasteiger partial charge in [0.25, 0.3) is 5.91 Å². The average molecular weight is 702 g/mol. The molecule has 0 bridgehead atoms. The number of carbonyl (C=O) groups is 2. The molecule has 3 heterocycles. The minimum atomic E-state index is -0.188. The maximum atomic E-state index is 13.1. The van der Waals surface area contributed by atoms with E-state index in [1.807, 2.05) is 48.5 Å². The molecule has 3 aromatic carbocycles. The van der Waals surface area contributed by atoms with E-state index in [2.05, 4.69) is 61.2 Å². The lowest BCUT2D eigenvalue weighted by Crippen LogP contribution is -2.41. The SMILES string of the molecule is COc1cccc(NC(=O)[C@H]2CC[C@@H](n3cnc4c(N)nc(-c5ccc(C(=O)Nc6ccc(CN7CCC(N(C)C)CC7)cc6)cc5)nc43)CC2)c1. The summed E-state index contributed by atoms with van der Waals surface area (Å²) in [4.78, 5) is 45.0. The third-order valence-corrected chi connectivity index (χ3v) is 10.6. The van der Waals surface area contributed by atoms with Crippen LogP contribution in [0.2, 0.25) is 0 Å². The predicted octanol–water partition coefficient (Wildman–Crippen LogP) is 6.23. The Bertz CT molecular complexity index is 2010. The number of methoxy groups -OCH3 is 1. The molecular formula is C40H47N9O3. The van der Waals surface area contributed by atoms with Crippen molar-refractivity contribution >= 4 is 40.2 Å². The maximum Gasteiger partial charge on any atom is 0.255 e. The smallest absolute Gasteiger partial charge is 0.255 e. The van der Waals surface area contributed by atoms with Gasteiger partial charge in [0, 0.05) is 53.1 Å². The number of likely N-dealkylation sites (tertiary alicyclic amines) is 1. The molecule has 52 heavy (non-hydrogen) atoms. The van der Waals surface area contributed by atoms with Crippen molar-refractivity contribution in [3.63, 3.8) is 0 Å². The lowest BCUT2D eigenvalue weighted by atomic mass is 9.85. The van der Waals surface area contributed by atoms with Gasteiger partial charge in [0.15, 0.2) is 17.3 Å². The van der Waals surface area contributed by atoms with Gasteiger partial charge in [0.1, 0.15) is 11.3 Å². The third-order valence-electron chi connectivity index (χ3n) is 10.6. The minimum Gasteiger partial charge on any atom is -0.497 e. The number of piperidine rings is 1. The summed E-state index contributed by atoms with van der Waals surface area (Å²) in [5.74, 6) is 1.22. The molecular weight excluding hydrogens is 654 g/mol. The normalized spacial score (nSPS) is 18.4. The molecule has 0 radical (unpaired) electrons. The Morgan fingerprint density at radius 2 is 1.62 bits per heavy atom. The Balaban J connectivity index is 0.960. The number of nitrogens with zero attached hydrogens (tertiary/aromatic N) is 6. The maximum absolute atomic E-state index is 13.1. The van der Waals surface area contributed by atoms with Crippen molar-refractivity contribution in [3.05, 3.63) is 90.3 Å². The number of rotatable bonds is 10. The summed E-state index contributed by atoms with van der Waals surface area (Å²) in [6.07, 6.45) is 7.27. The summed E-state index contributed by atoms with van der Waals surface area (Å²) in [6, 6.07) is 23.5. The highest BCUT2D eigenvalue weighted by atomic mass is 16.5. The van der Waals surface area contributed by atoms with Crippen molar-refractivity contribution in [2.45, 2.75) is 57.2 Å². The van der Waals surface area contributed by atoms with E-state index in [4.69, 9.17) is 15.5 Å². The summed E-state index contributed by atoms with van der Waals surface area (Å²) in [6.45, 7) is 3.11. The van der Waals surface area contributed by atoms with E-state index in [0.717, 1.165) is 62.3 Å². The molecule has 1 aliphatic carbocycles. The van der Waals surface area contributed by atoms with Gasteiger partial charge in [-0.1, -0.05) is 30.3 Å². The fourth-order valence-corrected chi connectivity index (χ4v) is 7.42. The van der Waals surface area contributed by atoms with E-state index in [-0.39, 0.29) is 23.8 Å². The standard InChI is InChI=1S/C40H47N9O3/c1-47(2)32-19-21-48(22-20-32)24-26-7-15-30(16-8-26)43-39(50)28-11-9-27(10-12-28)37-45-36(41)35-38(46-37)49(25-42-35)33-17-13-29(14-18-33)40(51)44-31-5-4-6-34(23-31)52-3/h4-12,15-16,23,25,29,32-33H,13-14,17-22,24H2,1-3H3,(H,43,50)(H,44,51)(H2,41,45,46)/t29-,33+. The number of amides is 2. The van der Waals surface area contributed by atoms with E-state index in [9.17, 15) is 9.59 Å². The number of imidazole rings is 1. The molecule has 12 nitrogen and oxygen atoms in total. The number of nitrogen functional groups attached to an aromatic ring is 1. The molecule has 270 valence electrons. The first-order valence-electron chi connectivity index (χ1n) is 18.1. The largest absolute Gasteiger partial charge is 0.497 e. The lowest BCUT2D eigenvalue weighted by molar-refractivity contribution is -0.121. The number of hydrogen-bond donors (Lipinski definition) is 3. The number of anilines is 3. The van der Waals surface area contributed by atoms with Crippen molar-refractivity contribution in [1.82, 2.24) is 29.3 Å². The number of benzene rings is 3. The number of ether oxygens (including phenoxy) is 1. The van der Waals surface area contributed by atoms with Crippen LogP contribution >= 0.6 is 0 Å². The van der Waals surface area contributed by atoms with Gasteiger partial charge >= 0.3 is 0 Å². The van der Waals surface area contributed by atoms with Crippen LogP contribution < -0.4 is 21.1 Å². The molecule has 1 saturated heterocycles. The van der Waals surface area contributed by atoms with Gasteiger partial charge in [-0.2, -0.15) is 0 Å². The Hall–Kier alpha value is -5.33. The van der Waals surface area contributed by atoms with Gasteiger partial charge < -0.3 is 30.6 Å². The second-order valence-corrected chi connectivity index (χ2v) is 14.2. The molecule has 0 atom stereocenters. The molecule has 5 aromatic rings. The van der Waals surface area contributed by atoms with Crippen LogP contribution in [0.3, 0.4) is 0 Å². The molecule has 12 heteroatoms. The van der Waals surface area contributed by atoms with E-state index < -0.39 is 0 Å². The Kier molecular flexibility index (Phi) is 10.5. The molecule has 2 aromatic heterocycles. The Morgan fingerprint density at radius 3 is 2.31 bits per heavy atom. The first-order chi connectivity index (χ1) is 25.2. The van der Waals surface area contributed by atoms with Crippen molar-refractivity contribution in [1.29, 1.82) is 0 Å². The summed E-state index contributed by atoms with van der Waals surface area (Å²) in [5, 5.41) is 6.05. The van der Waals surface area contributed by atoms with Gasteiger partial charge in [0.05, 0.1) is 13.4 Å². The van der Waals surface area contributed by atoms with Crippen LogP contribution in [0.5, 0.6) is 5.75 Å². The fraction of sp³-hybridized carbons (Fsp3) is 0.375. The highest BCUT2D eigenvalue weighted by Gasteiger charge is 2.29. The number of hydrogen-bond acceptors (Lipinski definition) is 9.